The zero-order chi connectivity index (χ0) is 15.4. The predicted molar refractivity (Wildman–Crippen MR) is 89.9 cm³/mol. The van der Waals surface area contributed by atoms with Crippen molar-refractivity contribution in [3.8, 4) is 10.6 Å². The van der Waals surface area contributed by atoms with Crippen molar-refractivity contribution in [1.29, 1.82) is 0 Å². The van der Waals surface area contributed by atoms with Crippen molar-refractivity contribution in [3.63, 3.8) is 0 Å². The van der Waals surface area contributed by atoms with E-state index in [1.54, 1.807) is 11.3 Å². The zero-order valence-electron chi connectivity index (χ0n) is 12.2. The van der Waals surface area contributed by atoms with Crippen molar-refractivity contribution >= 4 is 17.2 Å². The van der Waals surface area contributed by atoms with Gasteiger partial charge in [-0.05, 0) is 12.5 Å². The SMILES string of the molecule is Cc1sc(-c2ccccc2)nc1C(=O)NCc1ccccc1. The van der Waals surface area contributed by atoms with E-state index in [1.807, 2.05) is 67.6 Å². The molecule has 0 saturated carbocycles. The number of carbonyl (C=O) groups is 1. The molecule has 3 rings (SSSR count). The fourth-order valence-corrected chi connectivity index (χ4v) is 3.09. The number of carbonyl (C=O) groups excluding carboxylic acids is 1. The Morgan fingerprint density at radius 1 is 1.05 bits per heavy atom. The highest BCUT2D eigenvalue weighted by Gasteiger charge is 2.15. The number of amides is 1. The third-order valence-corrected chi connectivity index (χ3v) is 4.35. The van der Waals surface area contributed by atoms with Crippen LogP contribution in [0.4, 0.5) is 0 Å². The first kappa shape index (κ1) is 14.5. The molecule has 0 radical (unpaired) electrons. The number of hydrogen-bond acceptors (Lipinski definition) is 3. The topological polar surface area (TPSA) is 42.0 Å². The number of thiazole rings is 1. The van der Waals surface area contributed by atoms with E-state index in [0.717, 1.165) is 21.0 Å². The van der Waals surface area contributed by atoms with E-state index in [0.29, 0.717) is 12.2 Å². The molecule has 0 unspecified atom stereocenters. The van der Waals surface area contributed by atoms with Gasteiger partial charge >= 0.3 is 0 Å². The molecule has 0 bridgehead atoms. The summed E-state index contributed by atoms with van der Waals surface area (Å²) in [5, 5.41) is 3.80. The molecule has 1 N–H and O–H groups in total. The second-order valence-electron chi connectivity index (χ2n) is 4.96. The van der Waals surface area contributed by atoms with Gasteiger partial charge in [0.15, 0.2) is 0 Å². The molecule has 3 aromatic rings. The maximum atomic E-state index is 12.3. The van der Waals surface area contributed by atoms with E-state index in [2.05, 4.69) is 10.3 Å². The van der Waals surface area contributed by atoms with Gasteiger partial charge in [-0.1, -0.05) is 60.7 Å². The van der Waals surface area contributed by atoms with Gasteiger partial charge in [0.25, 0.3) is 5.91 Å². The van der Waals surface area contributed by atoms with Crippen LogP contribution in [0, 0.1) is 6.92 Å². The lowest BCUT2D eigenvalue weighted by Gasteiger charge is -2.03. The Morgan fingerprint density at radius 2 is 1.68 bits per heavy atom. The molecule has 110 valence electrons. The van der Waals surface area contributed by atoms with Crippen molar-refractivity contribution in [3.05, 3.63) is 76.8 Å². The second kappa shape index (κ2) is 6.54. The quantitative estimate of drug-likeness (QED) is 0.790. The Morgan fingerprint density at radius 3 is 2.36 bits per heavy atom. The summed E-state index contributed by atoms with van der Waals surface area (Å²) < 4.78 is 0. The van der Waals surface area contributed by atoms with Gasteiger partial charge in [-0.25, -0.2) is 4.98 Å². The molecule has 0 fully saturated rings. The fraction of sp³-hybridized carbons (Fsp3) is 0.111. The standard InChI is InChI=1S/C18H16N2OS/c1-13-16(17(21)19-12-14-8-4-2-5-9-14)20-18(22-13)15-10-6-3-7-11-15/h2-11H,12H2,1H3,(H,19,21). The number of aryl methyl sites for hydroxylation is 1. The van der Waals surface area contributed by atoms with Crippen LogP contribution in [0.15, 0.2) is 60.7 Å². The summed E-state index contributed by atoms with van der Waals surface area (Å²) >= 11 is 1.55. The van der Waals surface area contributed by atoms with Crippen LogP contribution in [-0.4, -0.2) is 10.9 Å². The van der Waals surface area contributed by atoms with Gasteiger partial charge in [0.2, 0.25) is 0 Å². The number of nitrogens with zero attached hydrogens (tertiary/aromatic N) is 1. The minimum atomic E-state index is -0.125. The third kappa shape index (κ3) is 3.23. The largest absolute Gasteiger partial charge is 0.347 e. The highest BCUT2D eigenvalue weighted by molar-refractivity contribution is 7.15. The van der Waals surface area contributed by atoms with Gasteiger partial charge in [0.05, 0.1) is 0 Å². The lowest BCUT2D eigenvalue weighted by atomic mass is 10.2. The van der Waals surface area contributed by atoms with Crippen LogP contribution in [0.5, 0.6) is 0 Å². The van der Waals surface area contributed by atoms with Crippen molar-refractivity contribution < 1.29 is 4.79 Å². The number of hydrogen-bond donors (Lipinski definition) is 1. The van der Waals surface area contributed by atoms with Crippen LogP contribution >= 0.6 is 11.3 Å². The Labute approximate surface area is 133 Å². The molecular formula is C18H16N2OS. The smallest absolute Gasteiger partial charge is 0.271 e. The summed E-state index contributed by atoms with van der Waals surface area (Å²) in [5.41, 5.74) is 2.63. The first-order valence-electron chi connectivity index (χ1n) is 7.09. The molecule has 0 aliphatic heterocycles. The average molecular weight is 308 g/mol. The molecule has 1 heterocycles. The average Bonchev–Trinajstić information content (AvgIpc) is 2.96. The molecule has 0 aliphatic rings. The summed E-state index contributed by atoms with van der Waals surface area (Å²) in [5.74, 6) is -0.125. The molecule has 1 amide bonds. The first-order valence-corrected chi connectivity index (χ1v) is 7.90. The molecule has 3 nitrogen and oxygen atoms in total. The van der Waals surface area contributed by atoms with Crippen molar-refractivity contribution in [1.82, 2.24) is 10.3 Å². The van der Waals surface area contributed by atoms with Crippen LogP contribution in [0.2, 0.25) is 0 Å². The van der Waals surface area contributed by atoms with E-state index in [-0.39, 0.29) is 5.91 Å². The Bertz CT molecular complexity index is 766. The van der Waals surface area contributed by atoms with Gasteiger partial charge < -0.3 is 5.32 Å². The van der Waals surface area contributed by atoms with E-state index in [9.17, 15) is 4.79 Å². The van der Waals surface area contributed by atoms with Gasteiger partial charge in [-0.3, -0.25) is 4.79 Å². The second-order valence-corrected chi connectivity index (χ2v) is 6.16. The summed E-state index contributed by atoms with van der Waals surface area (Å²) in [6, 6.07) is 19.8. The van der Waals surface area contributed by atoms with E-state index < -0.39 is 0 Å². The van der Waals surface area contributed by atoms with E-state index in [1.165, 1.54) is 0 Å². The number of aromatic nitrogens is 1. The Balaban J connectivity index is 1.74. The molecule has 22 heavy (non-hydrogen) atoms. The minimum absolute atomic E-state index is 0.125. The normalized spacial score (nSPS) is 10.4. The molecular weight excluding hydrogens is 292 g/mol. The van der Waals surface area contributed by atoms with Crippen molar-refractivity contribution in [2.45, 2.75) is 13.5 Å². The van der Waals surface area contributed by atoms with Crippen LogP contribution in [0.25, 0.3) is 10.6 Å². The molecule has 1 aromatic heterocycles. The Kier molecular flexibility index (Phi) is 4.30. The molecule has 0 saturated heterocycles. The molecule has 2 aromatic carbocycles. The van der Waals surface area contributed by atoms with Crippen molar-refractivity contribution in [2.75, 3.05) is 0 Å². The molecule has 0 spiro atoms. The number of rotatable bonds is 4. The zero-order valence-corrected chi connectivity index (χ0v) is 13.1. The number of benzene rings is 2. The highest BCUT2D eigenvalue weighted by Crippen LogP contribution is 2.27. The summed E-state index contributed by atoms with van der Waals surface area (Å²) in [6.45, 7) is 2.44. The maximum Gasteiger partial charge on any atom is 0.271 e. The predicted octanol–water partition coefficient (Wildman–Crippen LogP) is 4.05. The number of nitrogens with one attached hydrogen (secondary N) is 1. The van der Waals surface area contributed by atoms with Gasteiger partial charge in [0.1, 0.15) is 10.7 Å². The fourth-order valence-electron chi connectivity index (χ4n) is 2.17. The summed E-state index contributed by atoms with van der Waals surface area (Å²) in [4.78, 5) is 17.7. The third-order valence-electron chi connectivity index (χ3n) is 3.33. The van der Waals surface area contributed by atoms with Crippen LogP contribution in [0.1, 0.15) is 20.9 Å². The van der Waals surface area contributed by atoms with Crippen LogP contribution in [0.3, 0.4) is 0 Å². The van der Waals surface area contributed by atoms with Crippen molar-refractivity contribution in [2.24, 2.45) is 0 Å². The lowest BCUT2D eigenvalue weighted by molar-refractivity contribution is 0.0946. The van der Waals surface area contributed by atoms with Crippen LogP contribution in [-0.2, 0) is 6.54 Å². The maximum absolute atomic E-state index is 12.3. The van der Waals surface area contributed by atoms with E-state index in [4.69, 9.17) is 0 Å². The van der Waals surface area contributed by atoms with Gasteiger partial charge in [-0.2, -0.15) is 0 Å². The summed E-state index contributed by atoms with van der Waals surface area (Å²) in [6.07, 6.45) is 0. The monoisotopic (exact) mass is 308 g/mol. The highest BCUT2D eigenvalue weighted by atomic mass is 32.1. The minimum Gasteiger partial charge on any atom is -0.347 e. The first-order chi connectivity index (χ1) is 10.7. The molecule has 0 aliphatic carbocycles. The van der Waals surface area contributed by atoms with Gasteiger partial charge in [0, 0.05) is 17.0 Å². The van der Waals surface area contributed by atoms with Gasteiger partial charge in [-0.15, -0.1) is 11.3 Å². The summed E-state index contributed by atoms with van der Waals surface area (Å²) in [7, 11) is 0. The Hall–Kier alpha value is -2.46. The molecule has 0 atom stereocenters. The molecule has 4 heteroatoms. The van der Waals surface area contributed by atoms with Crippen LogP contribution < -0.4 is 5.32 Å². The van der Waals surface area contributed by atoms with E-state index >= 15 is 0 Å². The lowest BCUT2D eigenvalue weighted by Crippen LogP contribution is -2.23.